The second kappa shape index (κ2) is 4.37. The van der Waals surface area contributed by atoms with Gasteiger partial charge in [0.1, 0.15) is 5.82 Å². The molecule has 4 heteroatoms. The Morgan fingerprint density at radius 1 is 1.57 bits per heavy atom. The monoisotopic (exact) mass is 193 g/mol. The van der Waals surface area contributed by atoms with Crippen LogP contribution >= 0.6 is 0 Å². The van der Waals surface area contributed by atoms with Crippen molar-refractivity contribution < 1.29 is 4.74 Å². The molecule has 0 radical (unpaired) electrons. The van der Waals surface area contributed by atoms with Crippen molar-refractivity contribution in [2.45, 2.75) is 25.8 Å². The molecule has 0 aromatic carbocycles. The van der Waals surface area contributed by atoms with Gasteiger partial charge in [0, 0.05) is 6.61 Å². The van der Waals surface area contributed by atoms with Crippen LogP contribution in [0.15, 0.2) is 12.3 Å². The molecule has 76 valence electrons. The molecule has 4 nitrogen and oxygen atoms in total. The Kier molecular flexibility index (Phi) is 2.93. The molecule has 14 heavy (non-hydrogen) atoms. The minimum absolute atomic E-state index is 0.389. The summed E-state index contributed by atoms with van der Waals surface area (Å²) in [6, 6.07) is 2.39. The summed E-state index contributed by atoms with van der Waals surface area (Å²) in [6.45, 7) is 3.67. The third-order valence-corrected chi connectivity index (χ3v) is 2.30. The first-order valence-electron chi connectivity index (χ1n) is 4.98. The first-order valence-corrected chi connectivity index (χ1v) is 4.98. The molecule has 0 amide bonds. The summed E-state index contributed by atoms with van der Waals surface area (Å²) < 4.78 is 5.37. The number of nitrogens with one attached hydrogen (secondary N) is 1. The van der Waals surface area contributed by atoms with E-state index in [4.69, 9.17) is 4.74 Å². The van der Waals surface area contributed by atoms with Gasteiger partial charge in [-0.3, -0.25) is 0 Å². The summed E-state index contributed by atoms with van der Waals surface area (Å²) in [5, 5.41) is 11.2. The first-order chi connectivity index (χ1) is 6.84. The maximum atomic E-state index is 5.37. The topological polar surface area (TPSA) is 47.0 Å². The third kappa shape index (κ3) is 2.42. The molecular formula is C10H15N3O. The van der Waals surface area contributed by atoms with Crippen molar-refractivity contribution in [1.82, 2.24) is 10.2 Å². The van der Waals surface area contributed by atoms with Crippen LogP contribution in [0.1, 0.15) is 18.4 Å². The zero-order chi connectivity index (χ0) is 9.80. The van der Waals surface area contributed by atoms with Crippen LogP contribution < -0.4 is 5.32 Å². The van der Waals surface area contributed by atoms with Gasteiger partial charge in [-0.05, 0) is 31.4 Å². The van der Waals surface area contributed by atoms with Crippen LogP contribution in [-0.4, -0.2) is 29.5 Å². The number of hydrogen-bond acceptors (Lipinski definition) is 4. The van der Waals surface area contributed by atoms with Gasteiger partial charge < -0.3 is 10.1 Å². The minimum Gasteiger partial charge on any atom is -0.379 e. The Hall–Kier alpha value is -1.16. The molecule has 1 aliphatic heterocycles. The van der Waals surface area contributed by atoms with Gasteiger partial charge in [-0.15, -0.1) is 5.10 Å². The van der Waals surface area contributed by atoms with Crippen molar-refractivity contribution in [2.75, 3.05) is 18.5 Å². The zero-order valence-electron chi connectivity index (χ0n) is 8.36. The number of ether oxygens (including phenoxy) is 1. The summed E-state index contributed by atoms with van der Waals surface area (Å²) in [5.41, 5.74) is 1.12. The van der Waals surface area contributed by atoms with E-state index in [0.717, 1.165) is 37.4 Å². The van der Waals surface area contributed by atoms with Crippen LogP contribution in [0.5, 0.6) is 0 Å². The summed E-state index contributed by atoms with van der Waals surface area (Å²) >= 11 is 0. The minimum atomic E-state index is 0.389. The van der Waals surface area contributed by atoms with Crippen LogP contribution in [0.4, 0.5) is 5.82 Å². The van der Waals surface area contributed by atoms with E-state index in [9.17, 15) is 0 Å². The van der Waals surface area contributed by atoms with Crippen molar-refractivity contribution >= 4 is 5.82 Å². The van der Waals surface area contributed by atoms with Crippen molar-refractivity contribution in [3.05, 3.63) is 17.8 Å². The molecule has 0 bridgehead atoms. The van der Waals surface area contributed by atoms with Crippen LogP contribution in [0, 0.1) is 6.92 Å². The quantitative estimate of drug-likeness (QED) is 0.770. The first kappa shape index (κ1) is 9.40. The van der Waals surface area contributed by atoms with Crippen molar-refractivity contribution in [3.63, 3.8) is 0 Å². The number of aromatic nitrogens is 2. The van der Waals surface area contributed by atoms with Gasteiger partial charge in [0.15, 0.2) is 0 Å². The number of aryl methyl sites for hydroxylation is 1. The fourth-order valence-corrected chi connectivity index (χ4v) is 1.60. The van der Waals surface area contributed by atoms with Crippen LogP contribution in [0.25, 0.3) is 0 Å². The average molecular weight is 193 g/mol. The second-order valence-electron chi connectivity index (χ2n) is 3.68. The van der Waals surface area contributed by atoms with E-state index in [2.05, 4.69) is 15.5 Å². The molecule has 1 unspecified atom stereocenters. The molecule has 2 rings (SSSR count). The van der Waals surface area contributed by atoms with Crippen LogP contribution in [0.3, 0.4) is 0 Å². The lowest BCUT2D eigenvalue weighted by Gasteiger charge is -2.23. The molecule has 1 N–H and O–H groups in total. The predicted octanol–water partition coefficient (Wildman–Crippen LogP) is 1.38. The van der Waals surface area contributed by atoms with Gasteiger partial charge >= 0.3 is 0 Å². The fourth-order valence-electron chi connectivity index (χ4n) is 1.60. The highest BCUT2D eigenvalue weighted by atomic mass is 16.5. The molecule has 1 saturated heterocycles. The Labute approximate surface area is 83.7 Å². The molecular weight excluding hydrogens is 178 g/mol. The molecule has 1 atom stereocenters. The molecule has 0 aliphatic carbocycles. The molecule has 1 aromatic heterocycles. The molecule has 0 spiro atoms. The van der Waals surface area contributed by atoms with E-state index >= 15 is 0 Å². The van der Waals surface area contributed by atoms with E-state index in [1.807, 2.05) is 13.0 Å². The van der Waals surface area contributed by atoms with E-state index in [-0.39, 0.29) is 0 Å². The van der Waals surface area contributed by atoms with Gasteiger partial charge in [0.25, 0.3) is 0 Å². The van der Waals surface area contributed by atoms with Gasteiger partial charge in [0.05, 0.1) is 18.8 Å². The Balaban J connectivity index is 1.95. The van der Waals surface area contributed by atoms with Crippen LogP contribution in [0.2, 0.25) is 0 Å². The highest BCUT2D eigenvalue weighted by Crippen LogP contribution is 2.12. The van der Waals surface area contributed by atoms with Gasteiger partial charge in [-0.25, -0.2) is 0 Å². The summed E-state index contributed by atoms with van der Waals surface area (Å²) in [7, 11) is 0. The van der Waals surface area contributed by atoms with Gasteiger partial charge in [0.2, 0.25) is 0 Å². The van der Waals surface area contributed by atoms with E-state index in [1.54, 1.807) is 6.20 Å². The van der Waals surface area contributed by atoms with Crippen molar-refractivity contribution in [2.24, 2.45) is 0 Å². The summed E-state index contributed by atoms with van der Waals surface area (Å²) in [5.74, 6) is 0.848. The SMILES string of the molecule is Cc1cnnc(NC2CCCOC2)c1. The Morgan fingerprint density at radius 3 is 3.21 bits per heavy atom. The predicted molar refractivity (Wildman–Crippen MR) is 54.2 cm³/mol. The van der Waals surface area contributed by atoms with E-state index < -0.39 is 0 Å². The smallest absolute Gasteiger partial charge is 0.149 e. The van der Waals surface area contributed by atoms with E-state index in [0.29, 0.717) is 6.04 Å². The maximum absolute atomic E-state index is 5.37. The van der Waals surface area contributed by atoms with Crippen LogP contribution in [-0.2, 0) is 4.74 Å². The second-order valence-corrected chi connectivity index (χ2v) is 3.68. The lowest BCUT2D eigenvalue weighted by Crippen LogP contribution is -2.30. The normalized spacial score (nSPS) is 21.9. The van der Waals surface area contributed by atoms with Crippen molar-refractivity contribution in [1.29, 1.82) is 0 Å². The highest BCUT2D eigenvalue weighted by molar-refractivity contribution is 5.36. The number of nitrogens with zero attached hydrogens (tertiary/aromatic N) is 2. The number of hydrogen-bond donors (Lipinski definition) is 1. The Bertz CT molecular complexity index is 297. The zero-order valence-corrected chi connectivity index (χ0v) is 8.36. The maximum Gasteiger partial charge on any atom is 0.149 e. The van der Waals surface area contributed by atoms with Gasteiger partial charge in [-0.2, -0.15) is 5.10 Å². The molecule has 1 aromatic rings. The summed E-state index contributed by atoms with van der Waals surface area (Å²) in [6.07, 6.45) is 4.02. The fraction of sp³-hybridized carbons (Fsp3) is 0.600. The standard InChI is InChI=1S/C10H15N3O/c1-8-5-10(13-11-6-8)12-9-3-2-4-14-7-9/h5-6,9H,2-4,7H2,1H3,(H,12,13). The third-order valence-electron chi connectivity index (χ3n) is 2.30. The lowest BCUT2D eigenvalue weighted by molar-refractivity contribution is 0.0875. The molecule has 1 fully saturated rings. The van der Waals surface area contributed by atoms with Gasteiger partial charge in [-0.1, -0.05) is 0 Å². The average Bonchev–Trinajstić information content (AvgIpc) is 2.19. The lowest BCUT2D eigenvalue weighted by atomic mass is 10.1. The molecule has 1 aliphatic rings. The largest absolute Gasteiger partial charge is 0.379 e. The molecule has 2 heterocycles. The Morgan fingerprint density at radius 2 is 2.50 bits per heavy atom. The number of anilines is 1. The van der Waals surface area contributed by atoms with Crippen molar-refractivity contribution in [3.8, 4) is 0 Å². The highest BCUT2D eigenvalue weighted by Gasteiger charge is 2.13. The molecule has 0 saturated carbocycles. The van der Waals surface area contributed by atoms with E-state index in [1.165, 1.54) is 0 Å². The summed E-state index contributed by atoms with van der Waals surface area (Å²) in [4.78, 5) is 0. The number of rotatable bonds is 2.